The van der Waals surface area contributed by atoms with E-state index in [4.69, 9.17) is 4.74 Å². The lowest BCUT2D eigenvalue weighted by Crippen LogP contribution is -2.41. The highest BCUT2D eigenvalue weighted by Crippen LogP contribution is 2.26. The van der Waals surface area contributed by atoms with Crippen molar-refractivity contribution >= 4 is 11.8 Å². The molecule has 5 heteroatoms. The van der Waals surface area contributed by atoms with Crippen LogP contribution in [0.1, 0.15) is 55.6 Å². The number of anilines is 1. The third-order valence-electron chi connectivity index (χ3n) is 3.71. The number of hydrogen-bond acceptors (Lipinski definition) is 4. The molecule has 0 spiro atoms. The molecule has 1 fully saturated rings. The van der Waals surface area contributed by atoms with Crippen LogP contribution in [-0.4, -0.2) is 34.8 Å². The topological polar surface area (TPSA) is 71.5 Å². The van der Waals surface area contributed by atoms with Gasteiger partial charge in [-0.25, -0.2) is 9.78 Å². The first-order chi connectivity index (χ1) is 9.39. The van der Waals surface area contributed by atoms with E-state index in [1.165, 1.54) is 0 Å². The van der Waals surface area contributed by atoms with E-state index in [1.54, 1.807) is 12.1 Å². The SMILES string of the molecule is CC(C)c1cc(C(=O)O)cc(NC2(C)CCOCC2)n1. The monoisotopic (exact) mass is 278 g/mol. The molecule has 1 aromatic heterocycles. The third kappa shape index (κ3) is 3.48. The fourth-order valence-electron chi connectivity index (χ4n) is 2.29. The lowest BCUT2D eigenvalue weighted by Gasteiger charge is -2.35. The van der Waals surface area contributed by atoms with Gasteiger partial charge in [0.05, 0.1) is 5.56 Å². The fourth-order valence-corrected chi connectivity index (χ4v) is 2.29. The van der Waals surface area contributed by atoms with Gasteiger partial charge in [-0.15, -0.1) is 0 Å². The third-order valence-corrected chi connectivity index (χ3v) is 3.71. The molecule has 0 radical (unpaired) electrons. The van der Waals surface area contributed by atoms with Gasteiger partial charge in [0, 0.05) is 24.4 Å². The highest BCUT2D eigenvalue weighted by Gasteiger charge is 2.27. The van der Waals surface area contributed by atoms with E-state index in [-0.39, 0.29) is 17.0 Å². The Morgan fingerprint density at radius 1 is 1.40 bits per heavy atom. The highest BCUT2D eigenvalue weighted by atomic mass is 16.5. The van der Waals surface area contributed by atoms with Gasteiger partial charge in [-0.3, -0.25) is 0 Å². The molecule has 1 saturated heterocycles. The van der Waals surface area contributed by atoms with E-state index in [0.29, 0.717) is 5.82 Å². The van der Waals surface area contributed by atoms with Crippen LogP contribution in [0.15, 0.2) is 12.1 Å². The Hall–Kier alpha value is -1.62. The second-order valence-corrected chi connectivity index (χ2v) is 5.92. The number of carbonyl (C=O) groups is 1. The normalized spacial score (nSPS) is 18.0. The van der Waals surface area contributed by atoms with Gasteiger partial charge in [-0.05, 0) is 37.8 Å². The van der Waals surface area contributed by atoms with Crippen LogP contribution in [0.4, 0.5) is 5.82 Å². The first kappa shape index (κ1) is 14.8. The molecule has 20 heavy (non-hydrogen) atoms. The molecule has 1 aliphatic rings. The van der Waals surface area contributed by atoms with Crippen molar-refractivity contribution in [2.24, 2.45) is 0 Å². The van der Waals surface area contributed by atoms with Gasteiger partial charge in [0.25, 0.3) is 0 Å². The van der Waals surface area contributed by atoms with Crippen LogP contribution < -0.4 is 5.32 Å². The van der Waals surface area contributed by atoms with Crippen molar-refractivity contribution in [3.05, 3.63) is 23.4 Å². The van der Waals surface area contributed by atoms with Crippen molar-refractivity contribution in [1.82, 2.24) is 4.98 Å². The number of hydrogen-bond donors (Lipinski definition) is 2. The molecule has 0 saturated carbocycles. The second kappa shape index (κ2) is 5.79. The van der Waals surface area contributed by atoms with Gasteiger partial charge in [0.15, 0.2) is 0 Å². The van der Waals surface area contributed by atoms with Gasteiger partial charge in [0.2, 0.25) is 0 Å². The van der Waals surface area contributed by atoms with E-state index in [9.17, 15) is 9.90 Å². The molecular weight excluding hydrogens is 256 g/mol. The van der Waals surface area contributed by atoms with Crippen molar-refractivity contribution in [3.8, 4) is 0 Å². The highest BCUT2D eigenvalue weighted by molar-refractivity contribution is 5.88. The lowest BCUT2D eigenvalue weighted by molar-refractivity contribution is 0.0655. The summed E-state index contributed by atoms with van der Waals surface area (Å²) in [5.41, 5.74) is 0.987. The van der Waals surface area contributed by atoms with E-state index >= 15 is 0 Å². The van der Waals surface area contributed by atoms with Crippen LogP contribution >= 0.6 is 0 Å². The van der Waals surface area contributed by atoms with Crippen molar-refractivity contribution in [1.29, 1.82) is 0 Å². The Bertz CT molecular complexity index is 494. The number of rotatable bonds is 4. The van der Waals surface area contributed by atoms with Crippen molar-refractivity contribution < 1.29 is 14.6 Å². The Labute approximate surface area is 119 Å². The summed E-state index contributed by atoms with van der Waals surface area (Å²) in [6.45, 7) is 7.58. The molecule has 110 valence electrons. The Morgan fingerprint density at radius 3 is 2.60 bits per heavy atom. The van der Waals surface area contributed by atoms with Gasteiger partial charge >= 0.3 is 5.97 Å². The number of nitrogens with zero attached hydrogens (tertiary/aromatic N) is 1. The number of ether oxygens (including phenoxy) is 1. The van der Waals surface area contributed by atoms with Crippen molar-refractivity contribution in [3.63, 3.8) is 0 Å². The van der Waals surface area contributed by atoms with E-state index in [2.05, 4.69) is 17.2 Å². The number of aromatic nitrogens is 1. The number of aromatic carboxylic acids is 1. The van der Waals surface area contributed by atoms with Crippen LogP contribution in [0.5, 0.6) is 0 Å². The van der Waals surface area contributed by atoms with Gasteiger partial charge in [0.1, 0.15) is 5.82 Å². The lowest BCUT2D eigenvalue weighted by atomic mass is 9.92. The zero-order valence-corrected chi connectivity index (χ0v) is 12.3. The van der Waals surface area contributed by atoms with Crippen LogP contribution in [-0.2, 0) is 4.74 Å². The predicted molar refractivity (Wildman–Crippen MR) is 77.4 cm³/mol. The number of carboxylic acids is 1. The van der Waals surface area contributed by atoms with Crippen molar-refractivity contribution in [2.45, 2.75) is 45.1 Å². The maximum atomic E-state index is 11.2. The molecule has 0 unspecified atom stereocenters. The number of pyridine rings is 1. The molecule has 0 bridgehead atoms. The Balaban J connectivity index is 2.28. The van der Waals surface area contributed by atoms with Crippen LogP contribution in [0.3, 0.4) is 0 Å². The molecule has 0 aliphatic carbocycles. The Morgan fingerprint density at radius 2 is 2.05 bits per heavy atom. The molecule has 5 nitrogen and oxygen atoms in total. The first-order valence-corrected chi connectivity index (χ1v) is 7.01. The molecule has 0 aromatic carbocycles. The average molecular weight is 278 g/mol. The summed E-state index contributed by atoms with van der Waals surface area (Å²) in [6, 6.07) is 3.25. The minimum atomic E-state index is -0.922. The van der Waals surface area contributed by atoms with E-state index in [1.807, 2.05) is 13.8 Å². The number of carboxylic acid groups (broad SMARTS) is 1. The maximum Gasteiger partial charge on any atom is 0.335 e. The molecular formula is C15H22N2O3. The standard InChI is InChI=1S/C15H22N2O3/c1-10(2)12-8-11(14(18)19)9-13(16-12)17-15(3)4-6-20-7-5-15/h8-10H,4-7H2,1-3H3,(H,16,17)(H,18,19). The summed E-state index contributed by atoms with van der Waals surface area (Å²) in [4.78, 5) is 15.8. The minimum Gasteiger partial charge on any atom is -0.478 e. The molecule has 1 aromatic rings. The van der Waals surface area contributed by atoms with Gasteiger partial charge < -0.3 is 15.2 Å². The van der Waals surface area contributed by atoms with Crippen LogP contribution in [0, 0.1) is 0 Å². The predicted octanol–water partition coefficient (Wildman–Crippen LogP) is 2.88. The average Bonchev–Trinajstić information content (AvgIpc) is 2.38. The summed E-state index contributed by atoms with van der Waals surface area (Å²) in [5.74, 6) is -0.0928. The maximum absolute atomic E-state index is 11.2. The fraction of sp³-hybridized carbons (Fsp3) is 0.600. The molecule has 2 heterocycles. The van der Waals surface area contributed by atoms with E-state index < -0.39 is 5.97 Å². The summed E-state index contributed by atoms with van der Waals surface area (Å²) >= 11 is 0. The molecule has 0 atom stereocenters. The zero-order chi connectivity index (χ0) is 14.8. The first-order valence-electron chi connectivity index (χ1n) is 7.01. The summed E-state index contributed by atoms with van der Waals surface area (Å²) in [6.07, 6.45) is 1.78. The summed E-state index contributed by atoms with van der Waals surface area (Å²) in [5, 5.41) is 12.6. The summed E-state index contributed by atoms with van der Waals surface area (Å²) < 4.78 is 5.37. The van der Waals surface area contributed by atoms with Gasteiger partial charge in [-0.1, -0.05) is 13.8 Å². The van der Waals surface area contributed by atoms with Crippen molar-refractivity contribution in [2.75, 3.05) is 18.5 Å². The second-order valence-electron chi connectivity index (χ2n) is 5.92. The number of nitrogens with one attached hydrogen (secondary N) is 1. The van der Waals surface area contributed by atoms with Gasteiger partial charge in [-0.2, -0.15) is 0 Å². The Kier molecular flexibility index (Phi) is 4.28. The van der Waals surface area contributed by atoms with Crippen LogP contribution in [0.2, 0.25) is 0 Å². The molecule has 1 aliphatic heterocycles. The van der Waals surface area contributed by atoms with E-state index in [0.717, 1.165) is 31.7 Å². The van der Waals surface area contributed by atoms with Crippen LogP contribution in [0.25, 0.3) is 0 Å². The zero-order valence-electron chi connectivity index (χ0n) is 12.3. The molecule has 2 N–H and O–H groups in total. The molecule has 0 amide bonds. The quantitative estimate of drug-likeness (QED) is 0.886. The smallest absolute Gasteiger partial charge is 0.335 e. The minimum absolute atomic E-state index is 0.0867. The largest absolute Gasteiger partial charge is 0.478 e. The summed E-state index contributed by atoms with van der Waals surface area (Å²) in [7, 11) is 0. The molecule has 2 rings (SSSR count).